The number of thiazole rings is 1. The summed E-state index contributed by atoms with van der Waals surface area (Å²) in [7, 11) is 17.0. The largest absolute Gasteiger partial charge is 0.336 e. The monoisotopic (exact) mass is 1150 g/mol. The van der Waals surface area contributed by atoms with Crippen LogP contribution in [0.2, 0.25) is 0 Å². The van der Waals surface area contributed by atoms with E-state index in [1.165, 1.54) is 116 Å². The lowest BCUT2D eigenvalue weighted by molar-refractivity contribution is 0.264. The van der Waals surface area contributed by atoms with Crippen molar-refractivity contribution >= 4 is 11.3 Å². The normalized spacial score (nSPS) is 19.0. The lowest BCUT2D eigenvalue weighted by atomic mass is 10.0. The maximum Gasteiger partial charge on any atom is 0.122 e. The van der Waals surface area contributed by atoms with Gasteiger partial charge in [0.1, 0.15) is 12.2 Å². The summed E-state index contributed by atoms with van der Waals surface area (Å²) < 4.78 is 4.29. The number of hydrogen-bond acceptors (Lipinski definition) is 18. The van der Waals surface area contributed by atoms with Gasteiger partial charge in [-0.15, -0.1) is 11.3 Å². The van der Waals surface area contributed by atoms with E-state index in [2.05, 4.69) is 180 Å². The highest BCUT2D eigenvalue weighted by atomic mass is 32.1. The maximum absolute atomic E-state index is 4.33. The minimum absolute atomic E-state index is 0.978. The van der Waals surface area contributed by atoms with Crippen LogP contribution in [0.4, 0.5) is 0 Å². The Balaban J connectivity index is 0.000000114. The Morgan fingerprint density at radius 3 is 1.89 bits per heavy atom. The molecule has 0 bridgehead atoms. The Morgan fingerprint density at radius 2 is 1.10 bits per heavy atom. The number of fused-ring (bicyclic) bond motifs is 7. The number of rotatable bonds is 0. The quantitative estimate of drug-likeness (QED) is 0.176. The number of pyridine rings is 2. The average molecular weight is 1150 g/mol. The molecule has 7 aromatic rings. The molecule has 3 N–H and O–H groups in total. The Morgan fingerprint density at radius 1 is 0.458 bits per heavy atom. The summed E-state index contributed by atoms with van der Waals surface area (Å²) in [5, 5.41) is 3.31. The predicted octanol–water partition coefficient (Wildman–Crippen LogP) is 5.44. The lowest BCUT2D eigenvalue weighted by Crippen LogP contribution is -2.30. The van der Waals surface area contributed by atoms with Crippen molar-refractivity contribution in [3.05, 3.63) is 182 Å². The van der Waals surface area contributed by atoms with Gasteiger partial charge in [0.15, 0.2) is 0 Å². The van der Waals surface area contributed by atoms with Gasteiger partial charge in [-0.05, 0) is 102 Å². The van der Waals surface area contributed by atoms with Crippen molar-refractivity contribution < 1.29 is 0 Å². The van der Waals surface area contributed by atoms with Crippen LogP contribution in [0.3, 0.4) is 0 Å². The molecule has 0 atom stereocenters. The summed E-state index contributed by atoms with van der Waals surface area (Å²) in [6, 6.07) is 17.1. The van der Waals surface area contributed by atoms with Crippen LogP contribution in [0.15, 0.2) is 109 Å². The van der Waals surface area contributed by atoms with Crippen LogP contribution in [0.1, 0.15) is 79.1 Å². The number of nitrogens with zero attached hydrogens (tertiary/aromatic N) is 16. The third-order valence-electron chi connectivity index (χ3n) is 16.3. The molecule has 0 amide bonds. The van der Waals surface area contributed by atoms with Gasteiger partial charge in [-0.1, -0.05) is 36.4 Å². The fourth-order valence-electron chi connectivity index (χ4n) is 11.3. The highest BCUT2D eigenvalue weighted by Crippen LogP contribution is 2.22. The van der Waals surface area contributed by atoms with Gasteiger partial charge in [-0.3, -0.25) is 19.8 Å². The second-order valence-corrected chi connectivity index (χ2v) is 24.3. The van der Waals surface area contributed by atoms with E-state index in [4.69, 9.17) is 0 Å². The molecule has 0 unspecified atom stereocenters. The first kappa shape index (κ1) is 61.4. The molecule has 0 aliphatic carbocycles. The summed E-state index contributed by atoms with van der Waals surface area (Å²) >= 11 is 1.78. The number of aromatic nitrogens is 9. The van der Waals surface area contributed by atoms with Gasteiger partial charge in [0.2, 0.25) is 0 Å². The third-order valence-corrected chi connectivity index (χ3v) is 17.2. The van der Waals surface area contributed by atoms with Crippen molar-refractivity contribution in [2.24, 2.45) is 7.05 Å². The fourth-order valence-corrected chi connectivity index (χ4v) is 12.2. The van der Waals surface area contributed by atoms with Gasteiger partial charge in [0.25, 0.3) is 0 Å². The van der Waals surface area contributed by atoms with Crippen LogP contribution < -0.4 is 16.2 Å². The highest BCUT2D eigenvalue weighted by molar-refractivity contribution is 7.09. The lowest BCUT2D eigenvalue weighted by Gasteiger charge is -2.24. The summed E-state index contributed by atoms with van der Waals surface area (Å²) in [5.74, 6) is 1.19. The number of hydrogen-bond donors (Lipinski definition) is 3. The number of aryl methyl sites for hydroxylation is 1. The molecular weight excluding hydrogens is 1050 g/mol. The maximum atomic E-state index is 4.33. The van der Waals surface area contributed by atoms with E-state index >= 15 is 0 Å². The minimum Gasteiger partial charge on any atom is -0.336 e. The van der Waals surface area contributed by atoms with Crippen LogP contribution in [0, 0.1) is 0 Å². The zero-order valence-electron chi connectivity index (χ0n) is 50.8. The molecule has 0 radical (unpaired) electrons. The number of hydrazine groups is 1. The van der Waals surface area contributed by atoms with Crippen molar-refractivity contribution in [2.45, 2.75) is 97.4 Å². The Kier molecular flexibility index (Phi) is 23.0. The van der Waals surface area contributed by atoms with E-state index in [0.29, 0.717) is 0 Å². The van der Waals surface area contributed by atoms with E-state index in [9.17, 15) is 0 Å². The minimum atomic E-state index is 0.978. The van der Waals surface area contributed by atoms with Crippen LogP contribution in [-0.2, 0) is 98.1 Å². The van der Waals surface area contributed by atoms with E-state index in [-0.39, 0.29) is 0 Å². The van der Waals surface area contributed by atoms with Gasteiger partial charge in [0, 0.05) is 197 Å². The zero-order chi connectivity index (χ0) is 57.9. The van der Waals surface area contributed by atoms with E-state index in [1.807, 2.05) is 62.0 Å². The van der Waals surface area contributed by atoms with Crippen LogP contribution in [0.25, 0.3) is 0 Å². The summed E-state index contributed by atoms with van der Waals surface area (Å²) in [4.78, 5) is 47.2. The molecule has 20 heteroatoms. The predicted molar refractivity (Wildman–Crippen MR) is 332 cm³/mol. The molecule has 0 fully saturated rings. The van der Waals surface area contributed by atoms with Gasteiger partial charge in [-0.2, -0.15) is 0 Å². The Labute approximate surface area is 497 Å². The van der Waals surface area contributed by atoms with E-state index in [1.54, 1.807) is 17.7 Å². The molecule has 83 heavy (non-hydrogen) atoms. The molecule has 0 saturated heterocycles. The average Bonchev–Trinajstić information content (AvgIpc) is 4.47. The van der Waals surface area contributed by atoms with Crippen LogP contribution >= 0.6 is 11.3 Å². The van der Waals surface area contributed by atoms with Crippen molar-refractivity contribution in [3.63, 3.8) is 0 Å². The molecule has 19 nitrogen and oxygen atoms in total. The van der Waals surface area contributed by atoms with Crippen molar-refractivity contribution in [1.82, 2.24) is 94.5 Å². The van der Waals surface area contributed by atoms with Crippen LogP contribution in [-0.4, -0.2) is 187 Å². The van der Waals surface area contributed by atoms with E-state index < -0.39 is 0 Å². The number of likely N-dealkylation sites (N-methyl/N-ethyl adjacent to an activating group) is 6. The molecule has 1 aromatic carbocycles. The molecule has 16 rings (SSSR count). The van der Waals surface area contributed by atoms with Gasteiger partial charge < -0.3 is 44.4 Å². The Bertz CT molecular complexity index is 2920. The first-order valence-electron chi connectivity index (χ1n) is 29.7. The fraction of sp³-hybridized carbons (Fsp3) is 0.508. The SMILES string of the molecule is CN1CCC2=C(CNN2)C1.CN1CCc2ccccc2C1.CN1CCc2cccnc2C1.CN1CCc2ncncc2C1.CN1CCc2ncsc2C1.CN1CCn2ccnc2C1.CN1Cc2cccnc2C1.Cn1cnc2c1CNCC2. The van der Waals surface area contributed by atoms with Gasteiger partial charge >= 0.3 is 0 Å². The van der Waals surface area contributed by atoms with Crippen molar-refractivity contribution in [3.8, 4) is 0 Å². The molecule has 444 valence electrons. The number of nitrogens with one attached hydrogen (secondary N) is 3. The first-order chi connectivity index (χ1) is 40.4. The van der Waals surface area contributed by atoms with Gasteiger partial charge in [0.05, 0.1) is 46.9 Å². The van der Waals surface area contributed by atoms with Gasteiger partial charge in [-0.25, -0.2) is 30.3 Å². The Hall–Kier alpha value is -6.17. The molecular formula is C63H91N19S. The summed E-state index contributed by atoms with van der Waals surface area (Å²) in [6.45, 7) is 19.6. The smallest absolute Gasteiger partial charge is 0.122 e. The standard InChI is InChI=1S/C10H13N.C9H12N2.C8H11N3.C8H10N2.C7H13N3.2C7H11N3.C7H10N2S/c1-11-7-6-9-4-2-3-5-10(9)8-11;1-11-6-4-8-3-2-5-10-9(8)7-11;1-11-3-2-8-7(5-11)4-9-6-10-8;1-10-5-7-3-2-4-9-8(7)6-10;1-10-3-2-7-6(5-10)4-8-9-7;1-10-5-9-6-2-3-8-4-7(6)10;1-9-4-5-10-3-2-8-7(10)6-9;1-9-3-2-6-7(4-9)10-5-8-6/h2-5H,6-8H2,1H3;2-3,5H,4,6-7H2,1H3;4,6H,2-3,5H2,1H3;2-4H,5-6H2,1H3;8-9H,2-5H2,1H3;5,8H,2-4H2,1H3;2-3H,4-6H2,1H3;5H,2-4H2,1H3. The molecule has 0 saturated carbocycles. The topological polar surface area (TPSA) is 159 Å². The van der Waals surface area contributed by atoms with Crippen molar-refractivity contribution in [1.29, 1.82) is 0 Å². The summed E-state index contributed by atoms with van der Waals surface area (Å²) in [6.07, 6.45) is 19.9. The number of benzene rings is 1. The third kappa shape index (κ3) is 18.4. The zero-order valence-corrected chi connectivity index (χ0v) is 51.6. The second kappa shape index (κ2) is 31.1. The summed E-state index contributed by atoms with van der Waals surface area (Å²) in [5.41, 5.74) is 26.0. The molecule has 6 aromatic heterocycles. The van der Waals surface area contributed by atoms with Crippen LogP contribution in [0.5, 0.6) is 0 Å². The van der Waals surface area contributed by atoms with E-state index in [0.717, 1.165) is 124 Å². The van der Waals surface area contributed by atoms with Crippen molar-refractivity contribution in [2.75, 3.05) is 108 Å². The second-order valence-electron chi connectivity index (χ2n) is 23.3. The highest BCUT2D eigenvalue weighted by Gasteiger charge is 2.21. The first-order valence-corrected chi connectivity index (χ1v) is 30.6. The molecule has 15 heterocycles. The molecule has 0 spiro atoms. The molecule has 9 aliphatic rings. The molecule has 9 aliphatic heterocycles. The number of imidazole rings is 2.